The number of halogens is 1. The maximum Gasteiger partial charge on any atom is 0.270 e. The Labute approximate surface area is 163 Å². The van der Waals surface area contributed by atoms with Crippen LogP contribution in [0, 0.1) is 0 Å². The van der Waals surface area contributed by atoms with E-state index in [-0.39, 0.29) is 11.7 Å². The number of nitrogens with one attached hydrogen (secondary N) is 1. The fraction of sp³-hybridized carbons (Fsp3) is 0.300. The first kappa shape index (κ1) is 19.2. The minimum absolute atomic E-state index is 0.127. The number of carbonyl (C=O) groups excluding carboxylic acids is 2. The molecule has 1 amide bonds. The summed E-state index contributed by atoms with van der Waals surface area (Å²) in [6.45, 7) is 2.16. The van der Waals surface area contributed by atoms with Crippen LogP contribution in [0.3, 0.4) is 0 Å². The average Bonchev–Trinajstić information content (AvgIpc) is 3.15. The van der Waals surface area contributed by atoms with Gasteiger partial charge in [-0.2, -0.15) is 0 Å². The minimum atomic E-state index is -0.178. The molecule has 0 atom stereocenters. The van der Waals surface area contributed by atoms with E-state index < -0.39 is 0 Å². The number of hydrogen-bond acceptors (Lipinski definition) is 4. The van der Waals surface area contributed by atoms with Crippen LogP contribution in [-0.2, 0) is 4.74 Å². The quantitative estimate of drug-likeness (QED) is 0.632. The Bertz CT molecular complexity index is 867. The van der Waals surface area contributed by atoms with E-state index in [1.807, 2.05) is 20.2 Å². The van der Waals surface area contributed by atoms with Crippen LogP contribution < -0.4 is 0 Å². The van der Waals surface area contributed by atoms with E-state index in [1.54, 1.807) is 46.5 Å². The number of allylic oxidation sites excluding steroid dienone is 1. The molecule has 3 rings (SSSR count). The second-order valence-corrected chi connectivity index (χ2v) is 6.99. The zero-order valence-corrected chi connectivity index (χ0v) is 16.1. The molecule has 2 heterocycles. The number of ketones is 1. The maximum absolute atomic E-state index is 13.1. The van der Waals surface area contributed by atoms with Crippen LogP contribution in [0.2, 0.25) is 5.02 Å². The number of benzene rings is 1. The van der Waals surface area contributed by atoms with Crippen LogP contribution in [0.15, 0.2) is 42.7 Å². The molecule has 1 aliphatic rings. The summed E-state index contributed by atoms with van der Waals surface area (Å²) in [6.07, 6.45) is 3.33. The van der Waals surface area contributed by atoms with E-state index in [1.165, 1.54) is 0 Å². The van der Waals surface area contributed by atoms with E-state index in [9.17, 15) is 9.59 Å². The molecule has 27 heavy (non-hydrogen) atoms. The molecule has 0 saturated carbocycles. The van der Waals surface area contributed by atoms with Crippen molar-refractivity contribution >= 4 is 28.9 Å². The Morgan fingerprint density at radius 1 is 1.19 bits per heavy atom. The number of morpholine rings is 1. The van der Waals surface area contributed by atoms with Crippen LogP contribution in [0.4, 0.5) is 0 Å². The summed E-state index contributed by atoms with van der Waals surface area (Å²) in [7, 11) is 3.70. The third kappa shape index (κ3) is 4.59. The highest BCUT2D eigenvalue weighted by Crippen LogP contribution is 2.24. The molecule has 1 N–H and O–H groups in total. The number of amides is 1. The lowest BCUT2D eigenvalue weighted by Crippen LogP contribution is -2.40. The Morgan fingerprint density at radius 3 is 2.59 bits per heavy atom. The Hall–Kier alpha value is -2.57. The van der Waals surface area contributed by atoms with Gasteiger partial charge in [-0.25, -0.2) is 0 Å². The molecule has 0 radical (unpaired) electrons. The smallest absolute Gasteiger partial charge is 0.270 e. The molecule has 1 aliphatic heterocycles. The van der Waals surface area contributed by atoms with Gasteiger partial charge in [0.25, 0.3) is 5.91 Å². The zero-order chi connectivity index (χ0) is 19.4. The van der Waals surface area contributed by atoms with Crippen molar-refractivity contribution in [3.8, 4) is 0 Å². The molecule has 0 aliphatic carbocycles. The first-order valence-electron chi connectivity index (χ1n) is 8.70. The second kappa shape index (κ2) is 8.41. The van der Waals surface area contributed by atoms with E-state index >= 15 is 0 Å². The molecule has 0 spiro atoms. The van der Waals surface area contributed by atoms with E-state index in [4.69, 9.17) is 16.3 Å². The maximum atomic E-state index is 13.1. The number of aromatic nitrogens is 1. The standard InChI is InChI=1S/C20H22ClN3O3/c1-23(2)13-17(14-4-3-5-16(21)10-14)19(25)15-11-18(22-12-15)20(26)24-6-8-27-9-7-24/h3-5,10-13,22H,6-9H2,1-2H3/b17-13-. The molecular formula is C20H22ClN3O3. The van der Waals surface area contributed by atoms with E-state index in [2.05, 4.69) is 4.98 Å². The van der Waals surface area contributed by atoms with Crippen LogP contribution in [0.5, 0.6) is 0 Å². The topological polar surface area (TPSA) is 65.6 Å². The van der Waals surface area contributed by atoms with Crippen molar-refractivity contribution in [2.75, 3.05) is 40.4 Å². The number of nitrogens with zero attached hydrogens (tertiary/aromatic N) is 2. The van der Waals surface area contributed by atoms with Gasteiger partial charge in [0, 0.05) is 55.7 Å². The molecule has 1 aromatic heterocycles. The lowest BCUT2D eigenvalue weighted by molar-refractivity contribution is 0.0299. The van der Waals surface area contributed by atoms with Crippen molar-refractivity contribution in [1.82, 2.24) is 14.8 Å². The highest BCUT2D eigenvalue weighted by molar-refractivity contribution is 6.32. The van der Waals surface area contributed by atoms with Crippen molar-refractivity contribution < 1.29 is 14.3 Å². The van der Waals surface area contributed by atoms with Crippen molar-refractivity contribution in [3.63, 3.8) is 0 Å². The Morgan fingerprint density at radius 2 is 1.93 bits per heavy atom. The van der Waals surface area contributed by atoms with E-state index in [0.717, 1.165) is 5.56 Å². The Balaban J connectivity index is 1.87. The molecule has 0 bridgehead atoms. The molecular weight excluding hydrogens is 366 g/mol. The minimum Gasteiger partial charge on any atom is -0.383 e. The molecule has 6 nitrogen and oxygen atoms in total. The zero-order valence-electron chi connectivity index (χ0n) is 15.4. The van der Waals surface area contributed by atoms with Gasteiger partial charge in [0.05, 0.1) is 13.2 Å². The third-order valence-corrected chi connectivity index (χ3v) is 4.48. The van der Waals surface area contributed by atoms with Crippen LogP contribution >= 0.6 is 11.6 Å². The van der Waals surface area contributed by atoms with E-state index in [0.29, 0.717) is 48.2 Å². The summed E-state index contributed by atoms with van der Waals surface area (Å²) in [6, 6.07) is 8.76. The van der Waals surface area contributed by atoms with Crippen molar-refractivity contribution in [3.05, 3.63) is 64.6 Å². The fourth-order valence-corrected chi connectivity index (χ4v) is 3.11. The van der Waals surface area contributed by atoms with Gasteiger partial charge < -0.3 is 19.5 Å². The lowest BCUT2D eigenvalue weighted by atomic mass is 9.99. The molecule has 0 unspecified atom stereocenters. The number of hydrogen-bond donors (Lipinski definition) is 1. The van der Waals surface area contributed by atoms with Gasteiger partial charge in [0.15, 0.2) is 5.78 Å². The van der Waals surface area contributed by atoms with Crippen molar-refractivity contribution in [1.29, 1.82) is 0 Å². The van der Waals surface area contributed by atoms with Gasteiger partial charge in [-0.1, -0.05) is 23.7 Å². The van der Waals surface area contributed by atoms with Gasteiger partial charge in [0.2, 0.25) is 0 Å². The fourth-order valence-electron chi connectivity index (χ4n) is 2.92. The predicted octanol–water partition coefficient (Wildman–Crippen LogP) is 2.93. The molecule has 1 fully saturated rings. The van der Waals surface area contributed by atoms with Gasteiger partial charge in [-0.3, -0.25) is 9.59 Å². The van der Waals surface area contributed by atoms with Crippen molar-refractivity contribution in [2.45, 2.75) is 0 Å². The van der Waals surface area contributed by atoms with Gasteiger partial charge in [-0.15, -0.1) is 0 Å². The molecule has 2 aromatic rings. The molecule has 142 valence electrons. The molecule has 7 heteroatoms. The number of rotatable bonds is 5. The summed E-state index contributed by atoms with van der Waals surface area (Å²) in [5, 5.41) is 0.558. The predicted molar refractivity (Wildman–Crippen MR) is 105 cm³/mol. The Kier molecular flexibility index (Phi) is 5.98. The average molecular weight is 388 g/mol. The lowest BCUT2D eigenvalue weighted by Gasteiger charge is -2.26. The van der Waals surface area contributed by atoms with Crippen LogP contribution in [-0.4, -0.2) is 66.9 Å². The highest BCUT2D eigenvalue weighted by Gasteiger charge is 2.22. The first-order chi connectivity index (χ1) is 13.0. The van der Waals surface area contributed by atoms with Crippen LogP contribution in [0.1, 0.15) is 26.4 Å². The second-order valence-electron chi connectivity index (χ2n) is 6.55. The summed E-state index contributed by atoms with van der Waals surface area (Å²) >= 11 is 6.09. The van der Waals surface area contributed by atoms with Gasteiger partial charge >= 0.3 is 0 Å². The summed E-state index contributed by atoms with van der Waals surface area (Å²) in [4.78, 5) is 32.1. The van der Waals surface area contributed by atoms with Gasteiger partial charge in [0.1, 0.15) is 5.69 Å². The molecule has 1 saturated heterocycles. The number of Topliss-reactive ketones (excluding diaryl/α,β-unsaturated/α-hetero) is 1. The molecule has 1 aromatic carbocycles. The number of ether oxygens (including phenoxy) is 1. The first-order valence-corrected chi connectivity index (χ1v) is 9.08. The third-order valence-electron chi connectivity index (χ3n) is 4.24. The van der Waals surface area contributed by atoms with Gasteiger partial charge in [-0.05, 0) is 23.8 Å². The monoisotopic (exact) mass is 387 g/mol. The number of carbonyl (C=O) groups is 2. The summed E-state index contributed by atoms with van der Waals surface area (Å²) in [5.41, 5.74) is 2.06. The highest BCUT2D eigenvalue weighted by atomic mass is 35.5. The summed E-state index contributed by atoms with van der Waals surface area (Å²) < 4.78 is 5.28. The normalized spacial score (nSPS) is 14.9. The number of aromatic amines is 1. The van der Waals surface area contributed by atoms with Crippen molar-refractivity contribution in [2.24, 2.45) is 0 Å². The largest absolute Gasteiger partial charge is 0.383 e. The number of H-pyrrole nitrogens is 1. The SMILES string of the molecule is CN(C)/C=C(\C(=O)c1c[nH]c(C(=O)N2CCOCC2)c1)c1cccc(Cl)c1. The summed E-state index contributed by atoms with van der Waals surface area (Å²) in [5.74, 6) is -0.304. The van der Waals surface area contributed by atoms with Crippen LogP contribution in [0.25, 0.3) is 5.57 Å².